The van der Waals surface area contributed by atoms with Crippen LogP contribution in [0.2, 0.25) is 0 Å². The van der Waals surface area contributed by atoms with Gasteiger partial charge in [0.25, 0.3) is 0 Å². The lowest BCUT2D eigenvalue weighted by molar-refractivity contribution is 0.305. The molecule has 210 valence electrons. The van der Waals surface area contributed by atoms with Crippen molar-refractivity contribution in [3.8, 4) is 23.0 Å². The van der Waals surface area contributed by atoms with E-state index in [1.807, 2.05) is 91.9 Å². The first kappa shape index (κ1) is 29.1. The lowest BCUT2D eigenvalue weighted by Crippen LogP contribution is -2.16. The van der Waals surface area contributed by atoms with E-state index >= 15 is 0 Å². The molecule has 4 nitrogen and oxygen atoms in total. The van der Waals surface area contributed by atoms with Crippen molar-refractivity contribution in [3.63, 3.8) is 0 Å². The van der Waals surface area contributed by atoms with E-state index < -0.39 is 0 Å². The van der Waals surface area contributed by atoms with Gasteiger partial charge in [0.2, 0.25) is 0 Å². The summed E-state index contributed by atoms with van der Waals surface area (Å²) >= 11 is 0. The molecule has 0 saturated heterocycles. The highest BCUT2D eigenvalue weighted by Gasteiger charge is 2.28. The maximum atomic E-state index is 11.6. The molecule has 0 saturated carbocycles. The van der Waals surface area contributed by atoms with Crippen LogP contribution in [0.25, 0.3) is 0 Å². The van der Waals surface area contributed by atoms with Crippen LogP contribution in [0.4, 0.5) is 0 Å². The highest BCUT2D eigenvalue weighted by Crippen LogP contribution is 2.44. The number of phenolic OH excluding ortho intramolecular Hbond substituents is 2. The molecule has 0 aliphatic rings. The van der Waals surface area contributed by atoms with Gasteiger partial charge in [0.1, 0.15) is 36.2 Å². The quantitative estimate of drug-likeness (QED) is 0.235. The number of ether oxygens (including phenoxy) is 2. The maximum Gasteiger partial charge on any atom is 0.123 e. The third-order valence-electron chi connectivity index (χ3n) is 7.24. The van der Waals surface area contributed by atoms with Gasteiger partial charge < -0.3 is 19.7 Å². The van der Waals surface area contributed by atoms with Gasteiger partial charge in [0, 0.05) is 17.0 Å². The van der Waals surface area contributed by atoms with Crippen LogP contribution in [0.1, 0.15) is 87.8 Å². The minimum absolute atomic E-state index is 0.256. The largest absolute Gasteiger partial charge is 0.507 e. The standard InChI is InChI=1S/C36H42O4/c1-24(29-18-25(20-31(33(29)37)35(2,3)4)22-39-27-14-10-8-11-15-27)30-19-26(21-32(34(30)38)36(5,6)7)23-40-28-16-12-9-13-17-28/h8-21,24,37-38H,22-23H2,1-7H3. The van der Waals surface area contributed by atoms with Crippen molar-refractivity contribution in [2.24, 2.45) is 0 Å². The van der Waals surface area contributed by atoms with Gasteiger partial charge in [0.05, 0.1) is 0 Å². The fraction of sp³-hybridized carbons (Fsp3) is 0.333. The van der Waals surface area contributed by atoms with Crippen LogP contribution in [0.15, 0.2) is 84.9 Å². The summed E-state index contributed by atoms with van der Waals surface area (Å²) in [5.41, 5.74) is 4.58. The van der Waals surface area contributed by atoms with Crippen LogP contribution in [-0.2, 0) is 24.0 Å². The Morgan fingerprint density at radius 1 is 0.575 bits per heavy atom. The van der Waals surface area contributed by atoms with Gasteiger partial charge in [-0.25, -0.2) is 0 Å². The topological polar surface area (TPSA) is 58.9 Å². The first-order chi connectivity index (χ1) is 18.8. The van der Waals surface area contributed by atoms with Crippen LogP contribution in [-0.4, -0.2) is 10.2 Å². The van der Waals surface area contributed by atoms with E-state index in [4.69, 9.17) is 9.47 Å². The first-order valence-electron chi connectivity index (χ1n) is 13.9. The van der Waals surface area contributed by atoms with Gasteiger partial charge in [-0.1, -0.05) is 84.9 Å². The summed E-state index contributed by atoms with van der Waals surface area (Å²) in [7, 11) is 0. The molecule has 0 spiro atoms. The summed E-state index contributed by atoms with van der Waals surface area (Å²) < 4.78 is 12.1. The number of hydrogen-bond acceptors (Lipinski definition) is 4. The molecule has 4 rings (SSSR count). The summed E-state index contributed by atoms with van der Waals surface area (Å²) in [6.07, 6.45) is 0. The predicted octanol–water partition coefficient (Wildman–Crippen LogP) is 9.00. The van der Waals surface area contributed by atoms with Gasteiger partial charge >= 0.3 is 0 Å². The zero-order chi connectivity index (χ0) is 29.1. The fourth-order valence-corrected chi connectivity index (χ4v) is 4.94. The highest BCUT2D eigenvalue weighted by molar-refractivity contribution is 5.56. The Morgan fingerprint density at radius 3 is 1.25 bits per heavy atom. The number of aromatic hydroxyl groups is 2. The number of phenols is 2. The molecular formula is C36H42O4. The Balaban J connectivity index is 1.77. The van der Waals surface area contributed by atoms with Crippen molar-refractivity contribution in [2.75, 3.05) is 0 Å². The molecule has 0 heterocycles. The number of rotatable bonds is 8. The van der Waals surface area contributed by atoms with Crippen molar-refractivity contribution >= 4 is 0 Å². The molecule has 0 unspecified atom stereocenters. The molecular weight excluding hydrogens is 496 g/mol. The van der Waals surface area contributed by atoms with Gasteiger partial charge in [-0.3, -0.25) is 0 Å². The molecule has 0 bridgehead atoms. The predicted molar refractivity (Wildman–Crippen MR) is 163 cm³/mol. The summed E-state index contributed by atoms with van der Waals surface area (Å²) in [4.78, 5) is 0. The molecule has 0 amide bonds. The monoisotopic (exact) mass is 538 g/mol. The van der Waals surface area contributed by atoms with E-state index in [1.165, 1.54) is 0 Å². The van der Waals surface area contributed by atoms with Gasteiger partial charge in [-0.2, -0.15) is 0 Å². The van der Waals surface area contributed by atoms with E-state index in [0.29, 0.717) is 13.2 Å². The normalized spacial score (nSPS) is 12.0. The van der Waals surface area contributed by atoms with Crippen molar-refractivity contribution in [2.45, 2.75) is 78.4 Å². The second-order valence-corrected chi connectivity index (χ2v) is 12.6. The van der Waals surface area contributed by atoms with Gasteiger partial charge in [-0.15, -0.1) is 0 Å². The second-order valence-electron chi connectivity index (χ2n) is 12.6. The van der Waals surface area contributed by atoms with Gasteiger partial charge in [0.15, 0.2) is 0 Å². The second kappa shape index (κ2) is 11.7. The Labute approximate surface area is 239 Å². The van der Waals surface area contributed by atoms with Crippen molar-refractivity contribution in [1.29, 1.82) is 0 Å². The molecule has 0 aromatic heterocycles. The summed E-state index contributed by atoms with van der Waals surface area (Å²) in [5, 5.41) is 23.1. The Morgan fingerprint density at radius 2 is 0.925 bits per heavy atom. The maximum absolute atomic E-state index is 11.6. The smallest absolute Gasteiger partial charge is 0.123 e. The Bertz CT molecular complexity index is 1320. The van der Waals surface area contributed by atoms with E-state index in [-0.39, 0.29) is 28.2 Å². The summed E-state index contributed by atoms with van der Waals surface area (Å²) in [6, 6.07) is 27.5. The molecule has 2 N–H and O–H groups in total. The van der Waals surface area contributed by atoms with Crippen molar-refractivity contribution in [3.05, 3.63) is 118 Å². The van der Waals surface area contributed by atoms with E-state index in [2.05, 4.69) is 41.5 Å². The lowest BCUT2D eigenvalue weighted by atomic mass is 9.78. The third kappa shape index (κ3) is 6.80. The molecule has 0 aliphatic heterocycles. The average molecular weight is 539 g/mol. The van der Waals surface area contributed by atoms with Crippen LogP contribution in [0, 0.1) is 0 Å². The Kier molecular flexibility index (Phi) is 8.48. The minimum atomic E-state index is -0.286. The fourth-order valence-electron chi connectivity index (χ4n) is 4.94. The number of para-hydroxylation sites is 2. The molecule has 40 heavy (non-hydrogen) atoms. The summed E-state index contributed by atoms with van der Waals surface area (Å²) in [5.74, 6) is 1.81. The highest BCUT2D eigenvalue weighted by atomic mass is 16.5. The van der Waals surface area contributed by atoms with Crippen LogP contribution in [0.3, 0.4) is 0 Å². The van der Waals surface area contributed by atoms with Crippen molar-refractivity contribution in [1.82, 2.24) is 0 Å². The molecule has 4 aromatic rings. The van der Waals surface area contributed by atoms with Crippen LogP contribution < -0.4 is 9.47 Å². The molecule has 0 aliphatic carbocycles. The van der Waals surface area contributed by atoms with E-state index in [1.54, 1.807) is 0 Å². The van der Waals surface area contributed by atoms with E-state index in [9.17, 15) is 10.2 Å². The third-order valence-corrected chi connectivity index (χ3v) is 7.24. The first-order valence-corrected chi connectivity index (χ1v) is 13.9. The molecule has 0 atom stereocenters. The molecule has 4 heteroatoms. The summed E-state index contributed by atoms with van der Waals surface area (Å²) in [6.45, 7) is 15.3. The average Bonchev–Trinajstić information content (AvgIpc) is 2.91. The van der Waals surface area contributed by atoms with Crippen LogP contribution >= 0.6 is 0 Å². The lowest BCUT2D eigenvalue weighted by Gasteiger charge is -2.28. The minimum Gasteiger partial charge on any atom is -0.507 e. The molecule has 0 radical (unpaired) electrons. The molecule has 4 aromatic carbocycles. The zero-order valence-corrected chi connectivity index (χ0v) is 24.8. The van der Waals surface area contributed by atoms with Crippen LogP contribution in [0.5, 0.6) is 23.0 Å². The Hall–Kier alpha value is -3.92. The number of hydrogen-bond donors (Lipinski definition) is 2. The zero-order valence-electron chi connectivity index (χ0n) is 24.8. The SMILES string of the molecule is CC(c1cc(COc2ccccc2)cc(C(C)(C)C)c1O)c1cc(COc2ccccc2)cc(C(C)(C)C)c1O. The van der Waals surface area contributed by atoms with E-state index in [0.717, 1.165) is 44.9 Å². The van der Waals surface area contributed by atoms with Gasteiger partial charge in [-0.05, 0) is 81.6 Å². The molecule has 0 fully saturated rings. The van der Waals surface area contributed by atoms with Crippen molar-refractivity contribution < 1.29 is 19.7 Å². The number of benzene rings is 4.